The number of aromatic nitrogens is 1. The molecule has 1 amide bonds. The van der Waals surface area contributed by atoms with Crippen LogP contribution in [0.15, 0.2) is 60.0 Å². The van der Waals surface area contributed by atoms with Gasteiger partial charge in [-0.15, -0.1) is 11.3 Å². The summed E-state index contributed by atoms with van der Waals surface area (Å²) < 4.78 is 0. The Morgan fingerprint density at radius 3 is 2.74 bits per heavy atom. The number of rotatable bonds is 5. The first-order valence-corrected chi connectivity index (χ1v) is 8.45. The summed E-state index contributed by atoms with van der Waals surface area (Å²) in [5.74, 6) is -0.0338. The van der Waals surface area contributed by atoms with E-state index >= 15 is 0 Å². The van der Waals surface area contributed by atoms with Crippen LogP contribution in [0.3, 0.4) is 0 Å². The van der Waals surface area contributed by atoms with Gasteiger partial charge in [0, 0.05) is 29.5 Å². The van der Waals surface area contributed by atoms with E-state index in [1.165, 1.54) is 0 Å². The van der Waals surface area contributed by atoms with Crippen molar-refractivity contribution in [1.29, 1.82) is 0 Å². The molecule has 0 saturated carbocycles. The van der Waals surface area contributed by atoms with Gasteiger partial charge < -0.3 is 5.32 Å². The number of aryl methyl sites for hydroxylation is 1. The topological polar surface area (TPSA) is 42.0 Å². The van der Waals surface area contributed by atoms with Crippen LogP contribution >= 0.6 is 11.3 Å². The van der Waals surface area contributed by atoms with Crippen LogP contribution in [0.25, 0.3) is 11.3 Å². The van der Waals surface area contributed by atoms with E-state index in [9.17, 15) is 4.79 Å². The molecule has 3 aromatic rings. The maximum atomic E-state index is 12.1. The number of nitrogens with one attached hydrogen (secondary N) is 1. The molecule has 3 nitrogen and oxygen atoms in total. The van der Waals surface area contributed by atoms with Gasteiger partial charge in [0.05, 0.1) is 10.7 Å². The average molecular weight is 322 g/mol. The fourth-order valence-electron chi connectivity index (χ4n) is 2.34. The van der Waals surface area contributed by atoms with Gasteiger partial charge in [-0.3, -0.25) is 4.79 Å². The van der Waals surface area contributed by atoms with Crippen LogP contribution in [0.1, 0.15) is 20.9 Å². The molecule has 23 heavy (non-hydrogen) atoms. The van der Waals surface area contributed by atoms with E-state index in [-0.39, 0.29) is 5.91 Å². The second-order valence-corrected chi connectivity index (χ2v) is 6.31. The van der Waals surface area contributed by atoms with Gasteiger partial charge in [0.25, 0.3) is 5.91 Å². The molecule has 3 rings (SSSR count). The molecule has 0 atom stereocenters. The third-order valence-corrected chi connectivity index (χ3v) is 4.43. The molecular formula is C19H18N2OS. The molecule has 1 aromatic heterocycles. The Balaban J connectivity index is 1.55. The molecule has 0 saturated heterocycles. The summed E-state index contributed by atoms with van der Waals surface area (Å²) in [7, 11) is 0. The van der Waals surface area contributed by atoms with Crippen LogP contribution in [0.4, 0.5) is 0 Å². The molecule has 2 aromatic carbocycles. The van der Waals surface area contributed by atoms with Crippen molar-refractivity contribution in [3.63, 3.8) is 0 Å². The lowest BCUT2D eigenvalue weighted by Gasteiger charge is -2.04. The molecule has 0 spiro atoms. The fraction of sp³-hybridized carbons (Fsp3) is 0.158. The van der Waals surface area contributed by atoms with Crippen LogP contribution in [0, 0.1) is 6.92 Å². The Morgan fingerprint density at radius 2 is 1.96 bits per heavy atom. The summed E-state index contributed by atoms with van der Waals surface area (Å²) in [5.41, 5.74) is 3.91. The predicted octanol–water partition coefficient (Wildman–Crippen LogP) is 4.09. The second-order valence-electron chi connectivity index (χ2n) is 5.37. The summed E-state index contributed by atoms with van der Waals surface area (Å²) >= 11 is 1.63. The predicted molar refractivity (Wildman–Crippen MR) is 94.8 cm³/mol. The van der Waals surface area contributed by atoms with E-state index in [1.807, 2.05) is 49.4 Å². The van der Waals surface area contributed by atoms with Crippen molar-refractivity contribution in [2.24, 2.45) is 0 Å². The maximum absolute atomic E-state index is 12.1. The van der Waals surface area contributed by atoms with Crippen LogP contribution in [0.2, 0.25) is 0 Å². The molecule has 1 heterocycles. The first kappa shape index (κ1) is 15.4. The van der Waals surface area contributed by atoms with Gasteiger partial charge in [0.1, 0.15) is 0 Å². The number of benzene rings is 2. The summed E-state index contributed by atoms with van der Waals surface area (Å²) in [6, 6.07) is 17.7. The Hall–Kier alpha value is -2.46. The number of amides is 1. The summed E-state index contributed by atoms with van der Waals surface area (Å²) in [4.78, 5) is 16.7. The SMILES string of the molecule is Cc1cccc(C(=O)NCCc2nc(-c3ccccc3)cs2)c1. The number of carbonyl (C=O) groups is 1. The third kappa shape index (κ3) is 4.05. The van der Waals surface area contributed by atoms with Crippen LogP contribution in [0.5, 0.6) is 0 Å². The highest BCUT2D eigenvalue weighted by Crippen LogP contribution is 2.21. The van der Waals surface area contributed by atoms with Gasteiger partial charge in [0.15, 0.2) is 0 Å². The van der Waals surface area contributed by atoms with E-state index in [4.69, 9.17) is 0 Å². The minimum atomic E-state index is -0.0338. The molecule has 0 aliphatic rings. The number of hydrogen-bond acceptors (Lipinski definition) is 3. The third-order valence-electron chi connectivity index (χ3n) is 3.53. The summed E-state index contributed by atoms with van der Waals surface area (Å²) in [5, 5.41) is 6.05. The van der Waals surface area contributed by atoms with Gasteiger partial charge >= 0.3 is 0 Å². The Kier molecular flexibility index (Phi) is 4.83. The minimum Gasteiger partial charge on any atom is -0.352 e. The van der Waals surface area contributed by atoms with E-state index in [0.717, 1.165) is 28.2 Å². The maximum Gasteiger partial charge on any atom is 0.251 e. The molecule has 0 radical (unpaired) electrons. The van der Waals surface area contributed by atoms with E-state index in [2.05, 4.69) is 27.8 Å². The highest BCUT2D eigenvalue weighted by Gasteiger charge is 2.07. The number of nitrogens with zero attached hydrogens (tertiary/aromatic N) is 1. The Labute approximate surface area is 140 Å². The zero-order chi connectivity index (χ0) is 16.1. The fourth-order valence-corrected chi connectivity index (χ4v) is 3.15. The highest BCUT2D eigenvalue weighted by molar-refractivity contribution is 7.09. The van der Waals surface area contributed by atoms with Crippen molar-refractivity contribution in [3.05, 3.63) is 76.1 Å². The molecule has 0 aliphatic carbocycles. The normalized spacial score (nSPS) is 10.5. The molecule has 0 aliphatic heterocycles. The molecule has 0 fully saturated rings. The molecule has 4 heteroatoms. The molecule has 1 N–H and O–H groups in total. The van der Waals surface area contributed by atoms with Gasteiger partial charge in [-0.2, -0.15) is 0 Å². The van der Waals surface area contributed by atoms with Gasteiger partial charge in [-0.1, -0.05) is 48.0 Å². The molecule has 0 bridgehead atoms. The Bertz CT molecular complexity index is 796. The molecule has 116 valence electrons. The van der Waals surface area contributed by atoms with E-state index in [0.29, 0.717) is 12.1 Å². The van der Waals surface area contributed by atoms with Crippen molar-refractivity contribution < 1.29 is 4.79 Å². The van der Waals surface area contributed by atoms with E-state index < -0.39 is 0 Å². The zero-order valence-corrected chi connectivity index (χ0v) is 13.8. The number of hydrogen-bond donors (Lipinski definition) is 1. The van der Waals surface area contributed by atoms with Crippen molar-refractivity contribution in [1.82, 2.24) is 10.3 Å². The summed E-state index contributed by atoms with van der Waals surface area (Å²) in [6.45, 7) is 2.58. The highest BCUT2D eigenvalue weighted by atomic mass is 32.1. The lowest BCUT2D eigenvalue weighted by atomic mass is 10.1. The minimum absolute atomic E-state index is 0.0338. The first-order chi connectivity index (χ1) is 11.2. The largest absolute Gasteiger partial charge is 0.352 e. The van der Waals surface area contributed by atoms with Gasteiger partial charge in [-0.05, 0) is 19.1 Å². The first-order valence-electron chi connectivity index (χ1n) is 7.57. The van der Waals surface area contributed by atoms with Crippen LogP contribution in [-0.4, -0.2) is 17.4 Å². The zero-order valence-electron chi connectivity index (χ0n) is 13.0. The quantitative estimate of drug-likeness (QED) is 0.768. The van der Waals surface area contributed by atoms with Crippen molar-refractivity contribution in [2.45, 2.75) is 13.3 Å². The van der Waals surface area contributed by atoms with Gasteiger partial charge in [-0.25, -0.2) is 4.98 Å². The second kappa shape index (κ2) is 7.20. The lowest BCUT2D eigenvalue weighted by Crippen LogP contribution is -2.25. The van der Waals surface area contributed by atoms with Gasteiger partial charge in [0.2, 0.25) is 0 Å². The molecule has 0 unspecified atom stereocenters. The van der Waals surface area contributed by atoms with Crippen molar-refractivity contribution in [2.75, 3.05) is 6.54 Å². The van der Waals surface area contributed by atoms with Crippen molar-refractivity contribution in [3.8, 4) is 11.3 Å². The monoisotopic (exact) mass is 322 g/mol. The van der Waals surface area contributed by atoms with E-state index in [1.54, 1.807) is 11.3 Å². The standard InChI is InChI=1S/C19H18N2OS/c1-14-6-5-9-16(12-14)19(22)20-11-10-18-21-17(13-23-18)15-7-3-2-4-8-15/h2-9,12-13H,10-11H2,1H3,(H,20,22). The smallest absolute Gasteiger partial charge is 0.251 e. The number of carbonyl (C=O) groups excluding carboxylic acids is 1. The Morgan fingerprint density at radius 1 is 1.13 bits per heavy atom. The van der Waals surface area contributed by atoms with Crippen LogP contribution in [-0.2, 0) is 6.42 Å². The summed E-state index contributed by atoms with van der Waals surface area (Å²) in [6.07, 6.45) is 0.745. The van der Waals surface area contributed by atoms with Crippen LogP contribution < -0.4 is 5.32 Å². The lowest BCUT2D eigenvalue weighted by molar-refractivity contribution is 0.0954. The molecular weight excluding hydrogens is 304 g/mol. The number of thiazole rings is 1. The van der Waals surface area contributed by atoms with Crippen molar-refractivity contribution >= 4 is 17.2 Å². The average Bonchev–Trinajstić information content (AvgIpc) is 3.04.